The van der Waals surface area contributed by atoms with Crippen LogP contribution in [0.4, 0.5) is 0 Å². The molecule has 69 valence electrons. The van der Waals surface area contributed by atoms with Gasteiger partial charge < -0.3 is 0 Å². The van der Waals surface area contributed by atoms with Crippen molar-refractivity contribution >= 4 is 0 Å². The van der Waals surface area contributed by atoms with Crippen molar-refractivity contribution < 1.29 is 0 Å². The highest BCUT2D eigenvalue weighted by Gasteiger charge is 2.30. The lowest BCUT2D eigenvalue weighted by Gasteiger charge is -2.40. The van der Waals surface area contributed by atoms with Crippen molar-refractivity contribution in [1.29, 1.82) is 0 Å². The average molecular weight is 166 g/mol. The zero-order valence-corrected chi connectivity index (χ0v) is 8.13. The topological polar surface area (TPSA) is 3.24 Å². The molecule has 1 unspecified atom stereocenters. The van der Waals surface area contributed by atoms with Crippen LogP contribution in [0, 0.1) is 6.42 Å². The molecule has 1 nitrogen and oxygen atoms in total. The molecule has 0 aliphatic heterocycles. The highest BCUT2D eigenvalue weighted by atomic mass is 15.2. The zero-order chi connectivity index (χ0) is 8.39. The molecule has 0 aromatic heterocycles. The maximum atomic E-state index is 2.72. The van der Waals surface area contributed by atoms with Gasteiger partial charge in [-0.2, -0.15) is 0 Å². The summed E-state index contributed by atoms with van der Waals surface area (Å²) in [6.45, 7) is 3.57. The third kappa shape index (κ3) is 1.52. The lowest BCUT2D eigenvalue weighted by Crippen LogP contribution is -2.45. The molecule has 0 aromatic carbocycles. The summed E-state index contributed by atoms with van der Waals surface area (Å²) in [7, 11) is 0. The molecule has 2 fully saturated rings. The molecule has 2 aliphatic carbocycles. The second-order valence-electron chi connectivity index (χ2n) is 4.15. The normalized spacial score (nSPS) is 26.5. The Morgan fingerprint density at radius 2 is 1.92 bits per heavy atom. The fraction of sp³-hybridized carbons (Fsp3) is 0.909. The second kappa shape index (κ2) is 3.78. The molecule has 0 bridgehead atoms. The van der Waals surface area contributed by atoms with E-state index in [4.69, 9.17) is 0 Å². The molecule has 0 N–H and O–H groups in total. The van der Waals surface area contributed by atoms with Gasteiger partial charge >= 0.3 is 0 Å². The highest BCUT2D eigenvalue weighted by Crippen LogP contribution is 2.31. The lowest BCUT2D eigenvalue weighted by molar-refractivity contribution is 0.126. The first-order valence-electron chi connectivity index (χ1n) is 5.51. The van der Waals surface area contributed by atoms with E-state index in [1.165, 1.54) is 45.1 Å². The van der Waals surface area contributed by atoms with Crippen LogP contribution in [0.5, 0.6) is 0 Å². The molecule has 0 spiro atoms. The number of nitrogens with zero attached hydrogens (tertiary/aromatic N) is 1. The van der Waals surface area contributed by atoms with Crippen LogP contribution in [0.2, 0.25) is 0 Å². The fourth-order valence-electron chi connectivity index (χ4n) is 2.62. The summed E-state index contributed by atoms with van der Waals surface area (Å²) in [5.41, 5.74) is 0. The largest absolute Gasteiger partial charge is 0.297 e. The third-order valence-corrected chi connectivity index (χ3v) is 3.49. The minimum atomic E-state index is 0.845. The predicted molar refractivity (Wildman–Crippen MR) is 52.0 cm³/mol. The number of rotatable bonds is 3. The Hall–Kier alpha value is -0.0400. The van der Waals surface area contributed by atoms with Gasteiger partial charge in [0, 0.05) is 12.1 Å². The maximum absolute atomic E-state index is 2.72. The van der Waals surface area contributed by atoms with Crippen molar-refractivity contribution in [1.82, 2.24) is 4.90 Å². The summed E-state index contributed by atoms with van der Waals surface area (Å²) in [6.07, 6.45) is 11.1. The van der Waals surface area contributed by atoms with Crippen LogP contribution in [0.3, 0.4) is 0 Å². The highest BCUT2D eigenvalue weighted by molar-refractivity contribution is 4.97. The molecule has 0 amide bonds. The Bertz CT molecular complexity index is 134. The second-order valence-corrected chi connectivity index (χ2v) is 4.15. The molecule has 12 heavy (non-hydrogen) atoms. The van der Waals surface area contributed by atoms with Gasteiger partial charge in [-0.05, 0) is 38.6 Å². The maximum Gasteiger partial charge on any atom is 0.0130 e. The Labute approximate surface area is 76.1 Å². The quantitative estimate of drug-likeness (QED) is 0.623. The van der Waals surface area contributed by atoms with Gasteiger partial charge in [-0.3, -0.25) is 4.90 Å². The monoisotopic (exact) mass is 166 g/mol. The van der Waals surface area contributed by atoms with Crippen LogP contribution >= 0.6 is 0 Å². The standard InChI is InChI=1S/C11H20N/c1-2-12(11-8-5-9-11)10-6-3-4-7-10/h8,10-11H,2-7,9H2,1H3. The molecule has 2 rings (SSSR count). The average Bonchev–Trinajstić information content (AvgIpc) is 2.47. The molecule has 2 saturated carbocycles. The van der Waals surface area contributed by atoms with Crippen LogP contribution in [0.15, 0.2) is 0 Å². The van der Waals surface area contributed by atoms with Gasteiger partial charge in [0.05, 0.1) is 0 Å². The van der Waals surface area contributed by atoms with E-state index in [1.54, 1.807) is 0 Å². The Kier molecular flexibility index (Phi) is 2.69. The van der Waals surface area contributed by atoms with Crippen molar-refractivity contribution in [3.05, 3.63) is 6.42 Å². The molecule has 1 atom stereocenters. The summed E-state index contributed by atoms with van der Waals surface area (Å²) in [6, 6.07) is 1.77. The van der Waals surface area contributed by atoms with Gasteiger partial charge in [0.25, 0.3) is 0 Å². The van der Waals surface area contributed by atoms with Crippen molar-refractivity contribution in [3.63, 3.8) is 0 Å². The smallest absolute Gasteiger partial charge is 0.0130 e. The summed E-state index contributed by atoms with van der Waals surface area (Å²) < 4.78 is 0. The van der Waals surface area contributed by atoms with Crippen molar-refractivity contribution in [2.24, 2.45) is 0 Å². The minimum Gasteiger partial charge on any atom is -0.297 e. The SMILES string of the molecule is CCN(C1[CH]CC1)C1CCCC1. The van der Waals surface area contributed by atoms with Crippen LogP contribution in [0.1, 0.15) is 45.4 Å². The van der Waals surface area contributed by atoms with Crippen LogP contribution < -0.4 is 0 Å². The van der Waals surface area contributed by atoms with Gasteiger partial charge in [-0.25, -0.2) is 0 Å². The van der Waals surface area contributed by atoms with Crippen LogP contribution in [-0.4, -0.2) is 23.5 Å². The molecule has 0 aromatic rings. The summed E-state index contributed by atoms with van der Waals surface area (Å²) >= 11 is 0. The van der Waals surface area contributed by atoms with Crippen molar-refractivity contribution in [2.45, 2.75) is 57.5 Å². The van der Waals surface area contributed by atoms with E-state index >= 15 is 0 Å². The molecule has 0 saturated heterocycles. The molecule has 2 aliphatic rings. The zero-order valence-electron chi connectivity index (χ0n) is 8.13. The van der Waals surface area contributed by atoms with E-state index < -0.39 is 0 Å². The summed E-state index contributed by atoms with van der Waals surface area (Å²) in [5.74, 6) is 0. The van der Waals surface area contributed by atoms with E-state index in [9.17, 15) is 0 Å². The number of hydrogen-bond acceptors (Lipinski definition) is 1. The number of hydrogen-bond donors (Lipinski definition) is 0. The first kappa shape index (κ1) is 8.55. The van der Waals surface area contributed by atoms with E-state index in [2.05, 4.69) is 18.2 Å². The lowest BCUT2D eigenvalue weighted by atomic mass is 9.90. The van der Waals surface area contributed by atoms with Gasteiger partial charge in [-0.15, -0.1) is 0 Å². The molecule has 1 heteroatoms. The van der Waals surface area contributed by atoms with Crippen molar-refractivity contribution in [2.75, 3.05) is 6.54 Å². The first-order chi connectivity index (χ1) is 5.92. The third-order valence-electron chi connectivity index (χ3n) is 3.49. The molecular weight excluding hydrogens is 146 g/mol. The minimum absolute atomic E-state index is 0.845. The van der Waals surface area contributed by atoms with E-state index in [1.807, 2.05) is 0 Å². The van der Waals surface area contributed by atoms with Gasteiger partial charge in [0.1, 0.15) is 0 Å². The fourth-order valence-corrected chi connectivity index (χ4v) is 2.62. The molecular formula is C11H20N. The molecule has 0 heterocycles. The van der Waals surface area contributed by atoms with Crippen LogP contribution in [-0.2, 0) is 0 Å². The molecule has 1 radical (unpaired) electrons. The van der Waals surface area contributed by atoms with Crippen LogP contribution in [0.25, 0.3) is 0 Å². The van der Waals surface area contributed by atoms with Gasteiger partial charge in [0.2, 0.25) is 0 Å². The Balaban J connectivity index is 1.87. The van der Waals surface area contributed by atoms with Crippen molar-refractivity contribution in [3.8, 4) is 0 Å². The first-order valence-corrected chi connectivity index (χ1v) is 5.51. The van der Waals surface area contributed by atoms with E-state index in [0.717, 1.165) is 12.1 Å². The Morgan fingerprint density at radius 3 is 2.33 bits per heavy atom. The predicted octanol–water partition coefficient (Wildman–Crippen LogP) is 2.62. The Morgan fingerprint density at radius 1 is 1.25 bits per heavy atom. The summed E-state index contributed by atoms with van der Waals surface area (Å²) in [5, 5.41) is 0. The summed E-state index contributed by atoms with van der Waals surface area (Å²) in [4.78, 5) is 2.72. The van der Waals surface area contributed by atoms with Gasteiger partial charge in [-0.1, -0.05) is 19.8 Å². The van der Waals surface area contributed by atoms with Gasteiger partial charge in [0.15, 0.2) is 0 Å². The van der Waals surface area contributed by atoms with E-state index in [-0.39, 0.29) is 0 Å². The van der Waals surface area contributed by atoms with E-state index in [0.29, 0.717) is 0 Å².